The van der Waals surface area contributed by atoms with Crippen molar-refractivity contribution in [1.82, 2.24) is 0 Å². The molecule has 1 amide bonds. The molecule has 1 heterocycles. The monoisotopic (exact) mass is 224 g/mol. The standard InChI is InChI=1S/C11H13ClN2O/c1-7(15)14-4-2-3-8-5-10(13)9(12)6-11(8)14/h5-6H,2-4,13H2,1H3. The number of halogens is 1. The van der Waals surface area contributed by atoms with E-state index >= 15 is 0 Å². The SMILES string of the molecule is CC(=O)N1CCCc2cc(N)c(Cl)cc21. The Hall–Kier alpha value is -1.22. The first-order chi connectivity index (χ1) is 7.09. The summed E-state index contributed by atoms with van der Waals surface area (Å²) in [7, 11) is 0. The van der Waals surface area contributed by atoms with Crippen LogP contribution in [0.3, 0.4) is 0 Å². The molecule has 2 N–H and O–H groups in total. The highest BCUT2D eigenvalue weighted by Crippen LogP contribution is 2.33. The molecule has 0 aliphatic carbocycles. The lowest BCUT2D eigenvalue weighted by Gasteiger charge is -2.29. The van der Waals surface area contributed by atoms with Crippen molar-refractivity contribution < 1.29 is 4.79 Å². The Labute approximate surface area is 93.8 Å². The van der Waals surface area contributed by atoms with Crippen molar-refractivity contribution >= 4 is 28.9 Å². The van der Waals surface area contributed by atoms with Gasteiger partial charge in [-0.25, -0.2) is 0 Å². The lowest BCUT2D eigenvalue weighted by atomic mass is 10.0. The summed E-state index contributed by atoms with van der Waals surface area (Å²) < 4.78 is 0. The molecule has 0 unspecified atom stereocenters. The van der Waals surface area contributed by atoms with Gasteiger partial charge in [0.15, 0.2) is 0 Å². The number of fused-ring (bicyclic) bond motifs is 1. The molecule has 0 fully saturated rings. The number of benzene rings is 1. The number of hydrogen-bond acceptors (Lipinski definition) is 2. The maximum absolute atomic E-state index is 11.4. The van der Waals surface area contributed by atoms with E-state index in [2.05, 4.69) is 0 Å². The molecule has 1 aliphatic rings. The van der Waals surface area contributed by atoms with E-state index in [1.165, 1.54) is 0 Å². The summed E-state index contributed by atoms with van der Waals surface area (Å²) in [6, 6.07) is 3.65. The second-order valence-electron chi connectivity index (χ2n) is 3.78. The highest BCUT2D eigenvalue weighted by Gasteiger charge is 2.20. The molecule has 0 bridgehead atoms. The molecule has 80 valence electrons. The summed E-state index contributed by atoms with van der Waals surface area (Å²) in [5, 5.41) is 0.516. The van der Waals surface area contributed by atoms with Gasteiger partial charge in [0.2, 0.25) is 5.91 Å². The first-order valence-corrected chi connectivity index (χ1v) is 5.33. The van der Waals surface area contributed by atoms with E-state index in [4.69, 9.17) is 17.3 Å². The van der Waals surface area contributed by atoms with Crippen LogP contribution in [-0.4, -0.2) is 12.5 Å². The van der Waals surface area contributed by atoms with Crippen LogP contribution in [0.5, 0.6) is 0 Å². The third-order valence-electron chi connectivity index (χ3n) is 2.70. The maximum Gasteiger partial charge on any atom is 0.223 e. The van der Waals surface area contributed by atoms with E-state index in [0.29, 0.717) is 10.7 Å². The summed E-state index contributed by atoms with van der Waals surface area (Å²) in [4.78, 5) is 13.2. The summed E-state index contributed by atoms with van der Waals surface area (Å²) >= 11 is 5.95. The molecule has 1 aliphatic heterocycles. The van der Waals surface area contributed by atoms with Crippen LogP contribution >= 0.6 is 11.6 Å². The lowest BCUT2D eigenvalue weighted by molar-refractivity contribution is -0.116. The van der Waals surface area contributed by atoms with E-state index < -0.39 is 0 Å². The summed E-state index contributed by atoms with van der Waals surface area (Å²) in [5.41, 5.74) is 8.33. The minimum atomic E-state index is 0.0526. The molecule has 4 heteroatoms. The van der Waals surface area contributed by atoms with E-state index in [0.717, 1.165) is 30.6 Å². The molecular weight excluding hydrogens is 212 g/mol. The van der Waals surface area contributed by atoms with Crippen LogP contribution in [0.4, 0.5) is 11.4 Å². The van der Waals surface area contributed by atoms with Crippen molar-refractivity contribution in [3.63, 3.8) is 0 Å². The maximum atomic E-state index is 11.4. The fourth-order valence-electron chi connectivity index (χ4n) is 1.95. The molecule has 1 aromatic carbocycles. The Balaban J connectivity index is 2.51. The molecule has 0 saturated carbocycles. The zero-order valence-electron chi connectivity index (χ0n) is 8.59. The number of amides is 1. The Kier molecular flexibility index (Phi) is 2.57. The third-order valence-corrected chi connectivity index (χ3v) is 3.02. The minimum absolute atomic E-state index is 0.0526. The number of carbonyl (C=O) groups excluding carboxylic acids is 1. The van der Waals surface area contributed by atoms with Crippen LogP contribution in [-0.2, 0) is 11.2 Å². The van der Waals surface area contributed by atoms with Gasteiger partial charge in [0.1, 0.15) is 0 Å². The van der Waals surface area contributed by atoms with Gasteiger partial charge in [0.25, 0.3) is 0 Å². The minimum Gasteiger partial charge on any atom is -0.398 e. The molecule has 15 heavy (non-hydrogen) atoms. The van der Waals surface area contributed by atoms with Crippen molar-refractivity contribution in [1.29, 1.82) is 0 Å². The molecule has 0 spiro atoms. The first kappa shape index (κ1) is 10.3. The molecule has 0 radical (unpaired) electrons. The van der Waals surface area contributed by atoms with Gasteiger partial charge in [-0.2, -0.15) is 0 Å². The van der Waals surface area contributed by atoms with Crippen molar-refractivity contribution in [2.24, 2.45) is 0 Å². The van der Waals surface area contributed by atoms with Gasteiger partial charge >= 0.3 is 0 Å². The van der Waals surface area contributed by atoms with Gasteiger partial charge in [-0.3, -0.25) is 4.79 Å². The zero-order chi connectivity index (χ0) is 11.0. The number of hydrogen-bond donors (Lipinski definition) is 1. The zero-order valence-corrected chi connectivity index (χ0v) is 9.34. The molecular formula is C11H13ClN2O. The number of aryl methyl sites for hydroxylation is 1. The van der Waals surface area contributed by atoms with Crippen molar-refractivity contribution in [3.05, 3.63) is 22.7 Å². The normalized spacial score (nSPS) is 14.9. The van der Waals surface area contributed by atoms with Crippen LogP contribution in [0.2, 0.25) is 5.02 Å². The molecule has 0 atom stereocenters. The van der Waals surface area contributed by atoms with Gasteiger partial charge in [0.05, 0.1) is 10.7 Å². The van der Waals surface area contributed by atoms with E-state index in [9.17, 15) is 4.79 Å². The van der Waals surface area contributed by atoms with Crippen molar-refractivity contribution in [2.75, 3.05) is 17.2 Å². The van der Waals surface area contributed by atoms with Crippen molar-refractivity contribution in [2.45, 2.75) is 19.8 Å². The fraction of sp³-hybridized carbons (Fsp3) is 0.364. The highest BCUT2D eigenvalue weighted by molar-refractivity contribution is 6.33. The first-order valence-electron chi connectivity index (χ1n) is 4.95. The van der Waals surface area contributed by atoms with Gasteiger partial charge in [-0.15, -0.1) is 0 Å². The van der Waals surface area contributed by atoms with E-state index in [1.54, 1.807) is 17.9 Å². The average Bonchev–Trinajstić information content (AvgIpc) is 2.18. The third kappa shape index (κ3) is 1.79. The number of rotatable bonds is 0. The number of nitrogen functional groups attached to an aromatic ring is 1. The Morgan fingerprint density at radius 2 is 2.27 bits per heavy atom. The molecule has 3 nitrogen and oxygen atoms in total. The quantitative estimate of drug-likeness (QED) is 0.687. The van der Waals surface area contributed by atoms with Crippen LogP contribution in [0.15, 0.2) is 12.1 Å². The fourth-order valence-corrected chi connectivity index (χ4v) is 2.11. The van der Waals surface area contributed by atoms with Crippen LogP contribution in [0.1, 0.15) is 18.9 Å². The van der Waals surface area contributed by atoms with Gasteiger partial charge in [-0.05, 0) is 30.5 Å². The Bertz CT molecular complexity index is 417. The summed E-state index contributed by atoms with van der Waals surface area (Å²) in [6.45, 7) is 2.34. The van der Waals surface area contributed by atoms with Crippen molar-refractivity contribution in [3.8, 4) is 0 Å². The van der Waals surface area contributed by atoms with E-state index in [1.807, 2.05) is 6.07 Å². The average molecular weight is 225 g/mol. The number of nitrogens with two attached hydrogens (primary N) is 1. The predicted octanol–water partition coefficient (Wildman–Crippen LogP) is 2.22. The van der Waals surface area contributed by atoms with Crippen LogP contribution in [0, 0.1) is 0 Å². The summed E-state index contributed by atoms with van der Waals surface area (Å²) in [6.07, 6.45) is 1.94. The number of carbonyl (C=O) groups is 1. The Morgan fingerprint density at radius 3 is 2.93 bits per heavy atom. The second-order valence-corrected chi connectivity index (χ2v) is 4.18. The predicted molar refractivity (Wildman–Crippen MR) is 62.2 cm³/mol. The van der Waals surface area contributed by atoms with Gasteiger partial charge in [-0.1, -0.05) is 11.6 Å². The topological polar surface area (TPSA) is 46.3 Å². The van der Waals surface area contributed by atoms with Crippen LogP contribution in [0.25, 0.3) is 0 Å². The molecule has 0 aromatic heterocycles. The number of anilines is 2. The molecule has 2 rings (SSSR count). The largest absolute Gasteiger partial charge is 0.398 e. The van der Waals surface area contributed by atoms with Gasteiger partial charge < -0.3 is 10.6 Å². The number of nitrogens with zero attached hydrogens (tertiary/aromatic N) is 1. The highest BCUT2D eigenvalue weighted by atomic mass is 35.5. The van der Waals surface area contributed by atoms with Crippen LogP contribution < -0.4 is 10.6 Å². The Morgan fingerprint density at radius 1 is 1.53 bits per heavy atom. The lowest BCUT2D eigenvalue weighted by Crippen LogP contribution is -2.33. The van der Waals surface area contributed by atoms with E-state index in [-0.39, 0.29) is 5.91 Å². The smallest absolute Gasteiger partial charge is 0.223 e. The summed E-state index contributed by atoms with van der Waals surface area (Å²) in [5.74, 6) is 0.0526. The van der Waals surface area contributed by atoms with Gasteiger partial charge in [0, 0.05) is 19.2 Å². The second kappa shape index (κ2) is 3.74. The molecule has 0 saturated heterocycles. The molecule has 1 aromatic rings.